The van der Waals surface area contributed by atoms with E-state index in [1.807, 2.05) is 37.3 Å². The van der Waals surface area contributed by atoms with Gasteiger partial charge in [0.05, 0.1) is 23.5 Å². The van der Waals surface area contributed by atoms with E-state index in [-0.39, 0.29) is 5.91 Å². The fraction of sp³-hybridized carbons (Fsp3) is 0.190. The Bertz CT molecular complexity index is 983. The molecule has 130 valence electrons. The molecule has 0 bridgehead atoms. The van der Waals surface area contributed by atoms with Crippen LogP contribution in [0.4, 0.5) is 5.82 Å². The van der Waals surface area contributed by atoms with Gasteiger partial charge in [-0.3, -0.25) is 4.79 Å². The van der Waals surface area contributed by atoms with Crippen LogP contribution in [0.15, 0.2) is 48.5 Å². The van der Waals surface area contributed by atoms with E-state index in [0.717, 1.165) is 44.6 Å². The molecule has 2 aromatic carbocycles. The summed E-state index contributed by atoms with van der Waals surface area (Å²) < 4.78 is 1.16. The molecule has 3 aromatic rings. The molecule has 26 heavy (non-hydrogen) atoms. The first-order valence-corrected chi connectivity index (χ1v) is 9.68. The van der Waals surface area contributed by atoms with Crippen LogP contribution in [0.2, 0.25) is 0 Å². The smallest absolute Gasteiger partial charge is 0.229 e. The Balaban J connectivity index is 1.57. The molecule has 4 nitrogen and oxygen atoms in total. The number of hydrogen-bond donors (Lipinski definition) is 1. The van der Waals surface area contributed by atoms with Crippen molar-refractivity contribution in [1.29, 1.82) is 0 Å². The highest BCUT2D eigenvalue weighted by Crippen LogP contribution is 2.32. The highest BCUT2D eigenvalue weighted by molar-refractivity contribution is 14.1. The van der Waals surface area contributed by atoms with Gasteiger partial charge in [0.25, 0.3) is 0 Å². The summed E-state index contributed by atoms with van der Waals surface area (Å²) in [6.45, 7) is 1.89. The molecule has 0 fully saturated rings. The number of rotatable bonds is 3. The highest BCUT2D eigenvalue weighted by Gasteiger charge is 2.20. The molecule has 0 saturated carbocycles. The van der Waals surface area contributed by atoms with Crippen LogP contribution < -0.4 is 5.32 Å². The first-order chi connectivity index (χ1) is 12.6. The lowest BCUT2D eigenvalue weighted by atomic mass is 9.92. The lowest BCUT2D eigenvalue weighted by molar-refractivity contribution is -0.115. The molecule has 1 aliphatic carbocycles. The van der Waals surface area contributed by atoms with E-state index >= 15 is 0 Å². The van der Waals surface area contributed by atoms with Crippen LogP contribution in [0.5, 0.6) is 0 Å². The number of carbonyl (C=O) groups is 1. The van der Waals surface area contributed by atoms with Gasteiger partial charge >= 0.3 is 0 Å². The van der Waals surface area contributed by atoms with Crippen LogP contribution in [0.3, 0.4) is 0 Å². The molecule has 0 radical (unpaired) electrons. The predicted molar refractivity (Wildman–Crippen MR) is 111 cm³/mol. The second-order valence-corrected chi connectivity index (χ2v) is 7.71. The lowest BCUT2D eigenvalue weighted by Gasteiger charge is -2.20. The molecule has 1 amide bonds. The molecule has 0 atom stereocenters. The molecule has 1 N–H and O–H groups in total. The second-order valence-electron chi connectivity index (χ2n) is 6.46. The van der Waals surface area contributed by atoms with Gasteiger partial charge in [0.1, 0.15) is 0 Å². The first-order valence-electron chi connectivity index (χ1n) is 8.60. The van der Waals surface area contributed by atoms with Gasteiger partial charge in [-0.2, -0.15) is 0 Å². The van der Waals surface area contributed by atoms with Gasteiger partial charge in [-0.25, -0.2) is 9.97 Å². The summed E-state index contributed by atoms with van der Waals surface area (Å²) in [6.07, 6.45) is 2.13. The first kappa shape index (κ1) is 17.1. The van der Waals surface area contributed by atoms with Crippen LogP contribution in [0.25, 0.3) is 11.3 Å². The monoisotopic (exact) mass is 455 g/mol. The molecular weight excluding hydrogens is 437 g/mol. The molecule has 0 aliphatic heterocycles. The van der Waals surface area contributed by atoms with Gasteiger partial charge < -0.3 is 5.32 Å². The minimum Gasteiger partial charge on any atom is -0.309 e. The number of aryl methyl sites for hydroxylation is 3. The minimum absolute atomic E-state index is 0.0697. The van der Waals surface area contributed by atoms with Crippen molar-refractivity contribution in [1.82, 2.24) is 9.97 Å². The Hall–Kier alpha value is -2.28. The molecular formula is C21H18IN3O. The Morgan fingerprint density at radius 3 is 2.65 bits per heavy atom. The summed E-state index contributed by atoms with van der Waals surface area (Å²) in [5, 5.41) is 2.93. The van der Waals surface area contributed by atoms with Crippen molar-refractivity contribution in [3.05, 3.63) is 74.6 Å². The van der Waals surface area contributed by atoms with Gasteiger partial charge in [-0.15, -0.1) is 0 Å². The third-order valence-electron chi connectivity index (χ3n) is 4.58. The number of benzene rings is 2. The summed E-state index contributed by atoms with van der Waals surface area (Å²) in [7, 11) is 0. The summed E-state index contributed by atoms with van der Waals surface area (Å²) in [5.41, 5.74) is 6.10. The number of anilines is 1. The highest BCUT2D eigenvalue weighted by atomic mass is 127. The van der Waals surface area contributed by atoms with Crippen molar-refractivity contribution in [3.8, 4) is 11.3 Å². The topological polar surface area (TPSA) is 54.9 Å². The van der Waals surface area contributed by atoms with E-state index in [9.17, 15) is 4.79 Å². The normalized spacial score (nSPS) is 12.2. The zero-order chi connectivity index (χ0) is 18.1. The molecule has 1 heterocycles. The number of hydrogen-bond acceptors (Lipinski definition) is 3. The average Bonchev–Trinajstić information content (AvgIpc) is 2.64. The summed E-state index contributed by atoms with van der Waals surface area (Å²) in [5.74, 6) is 0.499. The maximum Gasteiger partial charge on any atom is 0.229 e. The number of nitrogens with one attached hydrogen (secondary N) is 1. The third kappa shape index (κ3) is 3.49. The van der Waals surface area contributed by atoms with Crippen molar-refractivity contribution in [2.75, 3.05) is 5.32 Å². The van der Waals surface area contributed by atoms with E-state index in [4.69, 9.17) is 9.97 Å². The Morgan fingerprint density at radius 2 is 1.85 bits per heavy atom. The summed E-state index contributed by atoms with van der Waals surface area (Å²) in [6, 6.07) is 16.3. The summed E-state index contributed by atoms with van der Waals surface area (Å²) in [4.78, 5) is 21.9. The van der Waals surface area contributed by atoms with Gasteiger partial charge in [-0.05, 0) is 65.6 Å². The molecule has 0 spiro atoms. The number of aromatic nitrogens is 2. The molecule has 1 aliphatic rings. The zero-order valence-corrected chi connectivity index (χ0v) is 16.6. The van der Waals surface area contributed by atoms with E-state index in [2.05, 4.69) is 46.1 Å². The molecule has 5 heteroatoms. The number of carbonyl (C=O) groups excluding carboxylic acids is 1. The number of amides is 1. The van der Waals surface area contributed by atoms with Gasteiger partial charge in [0, 0.05) is 9.13 Å². The van der Waals surface area contributed by atoms with Crippen LogP contribution in [0.1, 0.15) is 22.5 Å². The van der Waals surface area contributed by atoms with Gasteiger partial charge in [0.2, 0.25) is 5.91 Å². The van der Waals surface area contributed by atoms with Gasteiger partial charge in [0.15, 0.2) is 5.82 Å². The van der Waals surface area contributed by atoms with E-state index < -0.39 is 0 Å². The standard InChI is InChI=1S/C21H18IN3O/c1-13-21(25-19(26)12-14-6-9-16(22)10-7-14)24-18-11-8-15-4-2-3-5-17(15)20(18)23-13/h2-7,9-10H,8,11-12H2,1H3,(H,24,25,26). The number of fused-ring (bicyclic) bond motifs is 3. The van der Waals surface area contributed by atoms with Crippen molar-refractivity contribution in [3.63, 3.8) is 0 Å². The minimum atomic E-state index is -0.0697. The van der Waals surface area contributed by atoms with Crippen molar-refractivity contribution in [2.24, 2.45) is 0 Å². The second kappa shape index (κ2) is 7.15. The summed E-state index contributed by atoms with van der Waals surface area (Å²) >= 11 is 2.25. The van der Waals surface area contributed by atoms with Crippen LogP contribution in [-0.2, 0) is 24.1 Å². The quantitative estimate of drug-likeness (QED) is 0.599. The average molecular weight is 455 g/mol. The Morgan fingerprint density at radius 1 is 1.08 bits per heavy atom. The Kier molecular flexibility index (Phi) is 4.72. The predicted octanol–water partition coefficient (Wildman–Crippen LogP) is 4.34. The zero-order valence-electron chi connectivity index (χ0n) is 14.4. The Labute approximate surface area is 166 Å². The van der Waals surface area contributed by atoms with Crippen molar-refractivity contribution < 1.29 is 4.79 Å². The van der Waals surface area contributed by atoms with Crippen LogP contribution in [0, 0.1) is 10.5 Å². The van der Waals surface area contributed by atoms with Crippen molar-refractivity contribution in [2.45, 2.75) is 26.2 Å². The number of nitrogens with zero attached hydrogens (tertiary/aromatic N) is 2. The molecule has 0 unspecified atom stereocenters. The van der Waals surface area contributed by atoms with Gasteiger partial charge in [-0.1, -0.05) is 36.4 Å². The maximum absolute atomic E-state index is 12.4. The molecule has 1 aromatic heterocycles. The maximum atomic E-state index is 12.4. The lowest BCUT2D eigenvalue weighted by Crippen LogP contribution is -2.19. The fourth-order valence-electron chi connectivity index (χ4n) is 3.25. The largest absolute Gasteiger partial charge is 0.309 e. The van der Waals surface area contributed by atoms with E-state index in [1.54, 1.807) is 0 Å². The van der Waals surface area contributed by atoms with E-state index in [0.29, 0.717) is 12.2 Å². The van der Waals surface area contributed by atoms with Crippen molar-refractivity contribution >= 4 is 34.3 Å². The van der Waals surface area contributed by atoms with Crippen LogP contribution >= 0.6 is 22.6 Å². The number of halogens is 1. The van der Waals surface area contributed by atoms with E-state index in [1.165, 1.54) is 5.56 Å². The third-order valence-corrected chi connectivity index (χ3v) is 5.30. The molecule has 4 rings (SSSR count). The van der Waals surface area contributed by atoms with Crippen LogP contribution in [-0.4, -0.2) is 15.9 Å². The SMILES string of the molecule is Cc1nc2c(nc1NC(=O)Cc1ccc(I)cc1)CCc1ccccc1-2. The molecule has 0 saturated heterocycles. The fourth-order valence-corrected chi connectivity index (χ4v) is 3.61.